The van der Waals surface area contributed by atoms with Gasteiger partial charge in [-0.25, -0.2) is 9.67 Å². The minimum Gasteiger partial charge on any atom is -0.368 e. The summed E-state index contributed by atoms with van der Waals surface area (Å²) < 4.78 is 41.2. The molecule has 2 heterocycles. The third-order valence-corrected chi connectivity index (χ3v) is 4.80. The fourth-order valence-electron chi connectivity index (χ4n) is 3.40. The van der Waals surface area contributed by atoms with Gasteiger partial charge in [0.1, 0.15) is 0 Å². The normalized spacial score (nSPS) is 11.0. The molecule has 33 heavy (non-hydrogen) atoms. The number of aromatic nitrogens is 4. The van der Waals surface area contributed by atoms with Crippen LogP contribution in [0, 0.1) is 35.0 Å². The summed E-state index contributed by atoms with van der Waals surface area (Å²) in [5.74, 6) is 2.13. The van der Waals surface area contributed by atoms with Crippen LogP contribution in [0.5, 0.6) is 0 Å². The Kier molecular flexibility index (Phi) is 5.17. The summed E-state index contributed by atoms with van der Waals surface area (Å²) >= 11 is 0. The van der Waals surface area contributed by atoms with Crippen LogP contribution in [0.2, 0.25) is 0 Å². The van der Waals surface area contributed by atoms with E-state index in [1.54, 1.807) is 12.1 Å². The van der Waals surface area contributed by atoms with Gasteiger partial charge in [-0.15, -0.1) is 6.42 Å². The number of terminal acetylenes is 1. The van der Waals surface area contributed by atoms with Gasteiger partial charge in [-0.2, -0.15) is 33.8 Å². The fraction of sp³-hybridized carbons (Fsp3) is 0.0870. The van der Waals surface area contributed by atoms with Crippen LogP contribution in [0.4, 0.5) is 19.1 Å². The Labute approximate surface area is 185 Å². The molecule has 0 radical (unpaired) electrons. The van der Waals surface area contributed by atoms with E-state index in [9.17, 15) is 23.7 Å². The highest BCUT2D eigenvalue weighted by molar-refractivity contribution is 5.91. The molecule has 10 heteroatoms. The highest BCUT2D eigenvalue weighted by Gasteiger charge is 2.31. The number of anilines is 1. The molecule has 0 unspecified atom stereocenters. The predicted molar refractivity (Wildman–Crippen MR) is 113 cm³/mol. The first-order valence-electron chi connectivity index (χ1n) is 9.34. The van der Waals surface area contributed by atoms with Crippen LogP contribution >= 0.6 is 0 Å². The molecule has 4 aromatic rings. The van der Waals surface area contributed by atoms with Crippen LogP contribution in [-0.4, -0.2) is 19.7 Å². The number of nitrogen functional groups attached to an aromatic ring is 1. The Morgan fingerprint density at radius 3 is 2.27 bits per heavy atom. The molecule has 0 aliphatic heterocycles. The monoisotopic (exact) mass is 443 g/mol. The lowest BCUT2D eigenvalue weighted by atomic mass is 10.0. The van der Waals surface area contributed by atoms with Crippen molar-refractivity contribution in [3.8, 4) is 35.7 Å². The largest absolute Gasteiger partial charge is 0.416 e. The standard InChI is InChI=1S/C23H12F3N7/c1-2-13-3-16(8-18(7-13)23(24,25)26)12-33-21-19(11-30-33)20(31-22(29)32-21)17-5-14(9-27)4-15(6-17)10-28/h1,3-8,11H,12H2,(H2,29,31,32). The quantitative estimate of drug-likeness (QED) is 0.481. The van der Waals surface area contributed by atoms with Crippen LogP contribution in [0.15, 0.2) is 42.6 Å². The number of halogens is 3. The number of nitrogens with two attached hydrogens (primary N) is 1. The number of hydrogen-bond donors (Lipinski definition) is 1. The molecule has 0 spiro atoms. The SMILES string of the molecule is C#Cc1cc(Cn2ncc3c(-c4cc(C#N)cc(C#N)c4)nc(N)nc32)cc(C(F)(F)F)c1. The topological polar surface area (TPSA) is 117 Å². The highest BCUT2D eigenvalue weighted by Crippen LogP contribution is 2.32. The summed E-state index contributed by atoms with van der Waals surface area (Å²) in [4.78, 5) is 8.43. The van der Waals surface area contributed by atoms with Crippen molar-refractivity contribution in [3.05, 3.63) is 70.4 Å². The summed E-state index contributed by atoms with van der Waals surface area (Å²) in [6, 6.07) is 11.9. The van der Waals surface area contributed by atoms with Gasteiger partial charge in [0.15, 0.2) is 5.65 Å². The maximum atomic E-state index is 13.3. The van der Waals surface area contributed by atoms with Crippen LogP contribution in [-0.2, 0) is 12.7 Å². The second-order valence-corrected chi connectivity index (χ2v) is 7.05. The van der Waals surface area contributed by atoms with Crippen LogP contribution < -0.4 is 5.73 Å². The van der Waals surface area contributed by atoms with E-state index in [0.29, 0.717) is 16.6 Å². The molecule has 0 bridgehead atoms. The van der Waals surface area contributed by atoms with Gasteiger partial charge in [0.25, 0.3) is 0 Å². The molecule has 2 N–H and O–H groups in total. The van der Waals surface area contributed by atoms with Crippen LogP contribution in [0.25, 0.3) is 22.3 Å². The van der Waals surface area contributed by atoms with Gasteiger partial charge >= 0.3 is 6.18 Å². The van der Waals surface area contributed by atoms with E-state index in [-0.39, 0.29) is 40.4 Å². The molecule has 0 saturated heterocycles. The molecular formula is C23H12F3N7. The summed E-state index contributed by atoms with van der Waals surface area (Å²) in [7, 11) is 0. The fourth-order valence-corrected chi connectivity index (χ4v) is 3.40. The predicted octanol–water partition coefficient (Wildman–Crippen LogP) is 3.87. The molecule has 0 saturated carbocycles. The van der Waals surface area contributed by atoms with E-state index >= 15 is 0 Å². The molecule has 0 aliphatic rings. The van der Waals surface area contributed by atoms with Crippen molar-refractivity contribution in [2.24, 2.45) is 0 Å². The van der Waals surface area contributed by atoms with Crippen molar-refractivity contribution in [3.63, 3.8) is 0 Å². The van der Waals surface area contributed by atoms with E-state index in [4.69, 9.17) is 12.2 Å². The molecule has 0 fully saturated rings. The number of nitrogens with zero attached hydrogens (tertiary/aromatic N) is 6. The average molecular weight is 443 g/mol. The first kappa shape index (κ1) is 21.4. The van der Waals surface area contributed by atoms with Crippen LogP contribution in [0.3, 0.4) is 0 Å². The second-order valence-electron chi connectivity index (χ2n) is 7.05. The van der Waals surface area contributed by atoms with Gasteiger partial charge < -0.3 is 5.73 Å². The lowest BCUT2D eigenvalue weighted by Crippen LogP contribution is -2.09. The molecule has 0 amide bonds. The Hall–Kier alpha value is -4.88. The van der Waals surface area contributed by atoms with E-state index < -0.39 is 11.7 Å². The molecule has 4 rings (SSSR count). The molecule has 2 aromatic heterocycles. The first-order valence-corrected chi connectivity index (χ1v) is 9.34. The van der Waals surface area contributed by atoms with E-state index in [1.165, 1.54) is 23.0 Å². The Morgan fingerprint density at radius 1 is 0.970 bits per heavy atom. The summed E-state index contributed by atoms with van der Waals surface area (Å²) in [5.41, 5.74) is 6.97. The van der Waals surface area contributed by atoms with E-state index in [2.05, 4.69) is 21.0 Å². The smallest absolute Gasteiger partial charge is 0.368 e. The third-order valence-electron chi connectivity index (χ3n) is 4.80. The van der Waals surface area contributed by atoms with Crippen LogP contribution in [0.1, 0.15) is 27.8 Å². The number of fused-ring (bicyclic) bond motifs is 1. The number of hydrogen-bond acceptors (Lipinski definition) is 6. The molecule has 0 aliphatic carbocycles. The average Bonchev–Trinajstić information content (AvgIpc) is 3.19. The number of alkyl halides is 3. The number of nitriles is 2. The maximum Gasteiger partial charge on any atom is 0.416 e. The van der Waals surface area contributed by atoms with E-state index in [1.807, 2.05) is 12.1 Å². The maximum absolute atomic E-state index is 13.3. The van der Waals surface area contributed by atoms with Gasteiger partial charge in [0.2, 0.25) is 5.95 Å². The van der Waals surface area contributed by atoms with Gasteiger partial charge in [-0.3, -0.25) is 0 Å². The number of rotatable bonds is 3. The zero-order chi connectivity index (χ0) is 23.8. The van der Waals surface area contributed by atoms with Crippen molar-refractivity contribution in [1.29, 1.82) is 10.5 Å². The van der Waals surface area contributed by atoms with Crippen molar-refractivity contribution < 1.29 is 13.2 Å². The highest BCUT2D eigenvalue weighted by atomic mass is 19.4. The number of benzene rings is 2. The summed E-state index contributed by atoms with van der Waals surface area (Å²) in [6.07, 6.45) is 2.22. The third kappa shape index (κ3) is 4.16. The minimum absolute atomic E-state index is 0.0559. The van der Waals surface area contributed by atoms with E-state index in [0.717, 1.165) is 12.1 Å². The lowest BCUT2D eigenvalue weighted by Gasteiger charge is -2.11. The molecule has 7 nitrogen and oxygen atoms in total. The van der Waals surface area contributed by atoms with Gasteiger partial charge in [-0.1, -0.05) is 5.92 Å². The Morgan fingerprint density at radius 2 is 1.67 bits per heavy atom. The second kappa shape index (κ2) is 7.99. The zero-order valence-electron chi connectivity index (χ0n) is 16.7. The molecule has 2 aromatic carbocycles. The summed E-state index contributed by atoms with van der Waals surface area (Å²) in [5, 5.41) is 23.2. The van der Waals surface area contributed by atoms with Crippen molar-refractivity contribution in [2.45, 2.75) is 12.7 Å². The first-order chi connectivity index (χ1) is 15.7. The lowest BCUT2D eigenvalue weighted by molar-refractivity contribution is -0.137. The zero-order valence-corrected chi connectivity index (χ0v) is 16.7. The minimum atomic E-state index is -4.56. The van der Waals surface area contributed by atoms with Crippen molar-refractivity contribution in [2.75, 3.05) is 5.73 Å². The van der Waals surface area contributed by atoms with Crippen molar-refractivity contribution in [1.82, 2.24) is 19.7 Å². The Balaban J connectivity index is 1.85. The molecule has 160 valence electrons. The van der Waals surface area contributed by atoms with Gasteiger partial charge in [0.05, 0.1) is 52.7 Å². The van der Waals surface area contributed by atoms with Gasteiger partial charge in [0, 0.05) is 11.1 Å². The molecular weight excluding hydrogens is 431 g/mol. The van der Waals surface area contributed by atoms with Gasteiger partial charge in [-0.05, 0) is 42.0 Å². The van der Waals surface area contributed by atoms with Crippen molar-refractivity contribution >= 4 is 17.0 Å². The summed E-state index contributed by atoms with van der Waals surface area (Å²) in [6.45, 7) is -0.0559. The Bertz CT molecular complexity index is 1500. The molecule has 0 atom stereocenters.